The number of imidazole rings is 1. The van der Waals surface area contributed by atoms with Crippen LogP contribution in [0.2, 0.25) is 0 Å². The van der Waals surface area contributed by atoms with Crippen molar-refractivity contribution in [1.82, 2.24) is 19.4 Å². The van der Waals surface area contributed by atoms with Crippen molar-refractivity contribution < 1.29 is 0 Å². The van der Waals surface area contributed by atoms with Crippen LogP contribution in [0, 0.1) is 19.8 Å². The average Bonchev–Trinajstić information content (AvgIpc) is 3.07. The molecule has 4 rings (SSSR count). The summed E-state index contributed by atoms with van der Waals surface area (Å²) in [5.41, 5.74) is 3.19. The van der Waals surface area contributed by atoms with E-state index in [2.05, 4.69) is 38.6 Å². The van der Waals surface area contributed by atoms with E-state index in [1.807, 2.05) is 25.3 Å². The first-order chi connectivity index (χ1) is 13.1. The zero-order valence-corrected chi connectivity index (χ0v) is 16.2. The molecule has 3 heterocycles. The second kappa shape index (κ2) is 7.69. The van der Waals surface area contributed by atoms with Gasteiger partial charge in [-0.25, -0.2) is 4.98 Å². The SMILES string of the molecule is Cc1ccc2[nH]c(CN3CCC(CCn4ccnc4C)CC3)cc(=O)c2c1. The first-order valence-corrected chi connectivity index (χ1v) is 9.91. The molecule has 0 atom stereocenters. The lowest BCUT2D eigenvalue weighted by Gasteiger charge is -2.32. The fourth-order valence-electron chi connectivity index (χ4n) is 4.14. The summed E-state index contributed by atoms with van der Waals surface area (Å²) in [7, 11) is 0. The molecule has 5 nitrogen and oxygen atoms in total. The van der Waals surface area contributed by atoms with E-state index in [1.54, 1.807) is 6.07 Å². The number of aromatic nitrogens is 3. The summed E-state index contributed by atoms with van der Waals surface area (Å²) >= 11 is 0. The highest BCUT2D eigenvalue weighted by Crippen LogP contribution is 2.22. The molecule has 5 heteroatoms. The molecule has 2 aromatic heterocycles. The molecule has 3 aromatic rings. The Morgan fingerprint density at radius 2 is 2.00 bits per heavy atom. The summed E-state index contributed by atoms with van der Waals surface area (Å²) in [5, 5.41) is 0.784. The molecule has 1 fully saturated rings. The highest BCUT2D eigenvalue weighted by atomic mass is 16.1. The van der Waals surface area contributed by atoms with Gasteiger partial charge >= 0.3 is 0 Å². The van der Waals surface area contributed by atoms with E-state index in [0.717, 1.165) is 60.1 Å². The zero-order chi connectivity index (χ0) is 18.8. The van der Waals surface area contributed by atoms with Gasteiger partial charge in [-0.05, 0) is 64.3 Å². The van der Waals surface area contributed by atoms with E-state index in [0.29, 0.717) is 0 Å². The maximum absolute atomic E-state index is 12.4. The number of likely N-dealkylation sites (tertiary alicyclic amines) is 1. The molecule has 1 N–H and O–H groups in total. The molecule has 0 unspecified atom stereocenters. The summed E-state index contributed by atoms with van der Waals surface area (Å²) in [6.45, 7) is 8.17. The van der Waals surface area contributed by atoms with Crippen LogP contribution < -0.4 is 5.43 Å². The number of hydrogen-bond donors (Lipinski definition) is 1. The van der Waals surface area contributed by atoms with Gasteiger partial charge in [-0.2, -0.15) is 0 Å². The first kappa shape index (κ1) is 18.0. The van der Waals surface area contributed by atoms with Crippen molar-refractivity contribution >= 4 is 10.9 Å². The number of pyridine rings is 1. The fourth-order valence-corrected chi connectivity index (χ4v) is 4.14. The van der Waals surface area contributed by atoms with E-state index < -0.39 is 0 Å². The topological polar surface area (TPSA) is 53.9 Å². The summed E-state index contributed by atoms with van der Waals surface area (Å²) in [6, 6.07) is 7.80. The number of aromatic amines is 1. The average molecular weight is 364 g/mol. The molecule has 1 saturated heterocycles. The van der Waals surface area contributed by atoms with E-state index in [9.17, 15) is 4.79 Å². The van der Waals surface area contributed by atoms with Crippen LogP contribution in [0.5, 0.6) is 0 Å². The Bertz CT molecular complexity index is 979. The van der Waals surface area contributed by atoms with Gasteiger partial charge in [0.05, 0.1) is 0 Å². The number of fused-ring (bicyclic) bond motifs is 1. The molecule has 0 radical (unpaired) electrons. The Morgan fingerprint density at radius 3 is 2.74 bits per heavy atom. The highest BCUT2D eigenvalue weighted by Gasteiger charge is 2.19. The van der Waals surface area contributed by atoms with Crippen molar-refractivity contribution in [2.75, 3.05) is 13.1 Å². The van der Waals surface area contributed by atoms with E-state index in [1.165, 1.54) is 19.3 Å². The Balaban J connectivity index is 1.34. The molecule has 0 amide bonds. The number of benzene rings is 1. The van der Waals surface area contributed by atoms with Gasteiger partial charge in [-0.3, -0.25) is 9.69 Å². The predicted octanol–water partition coefficient (Wildman–Crippen LogP) is 3.64. The smallest absolute Gasteiger partial charge is 0.189 e. The van der Waals surface area contributed by atoms with Gasteiger partial charge < -0.3 is 9.55 Å². The third-order valence-corrected chi connectivity index (χ3v) is 5.84. The molecule has 0 spiro atoms. The first-order valence-electron chi connectivity index (χ1n) is 9.91. The fraction of sp³-hybridized carbons (Fsp3) is 0.455. The summed E-state index contributed by atoms with van der Waals surface area (Å²) in [5.74, 6) is 1.88. The molecule has 27 heavy (non-hydrogen) atoms. The third kappa shape index (κ3) is 4.14. The van der Waals surface area contributed by atoms with Crippen LogP contribution >= 0.6 is 0 Å². The summed E-state index contributed by atoms with van der Waals surface area (Å²) < 4.78 is 2.24. The largest absolute Gasteiger partial charge is 0.357 e. The van der Waals surface area contributed by atoms with E-state index in [-0.39, 0.29) is 5.43 Å². The monoisotopic (exact) mass is 364 g/mol. The molecule has 1 aromatic carbocycles. The minimum absolute atomic E-state index is 0.119. The van der Waals surface area contributed by atoms with Crippen LogP contribution in [0.4, 0.5) is 0 Å². The van der Waals surface area contributed by atoms with Gasteiger partial charge in [0.25, 0.3) is 0 Å². The van der Waals surface area contributed by atoms with Crippen LogP contribution in [0.3, 0.4) is 0 Å². The highest BCUT2D eigenvalue weighted by molar-refractivity contribution is 5.79. The van der Waals surface area contributed by atoms with Crippen molar-refractivity contribution in [2.45, 2.75) is 46.2 Å². The number of nitrogens with one attached hydrogen (secondary N) is 1. The number of aryl methyl sites for hydroxylation is 3. The Hall–Kier alpha value is -2.40. The Labute approximate surface area is 160 Å². The van der Waals surface area contributed by atoms with Crippen molar-refractivity contribution in [3.63, 3.8) is 0 Å². The maximum Gasteiger partial charge on any atom is 0.189 e. The van der Waals surface area contributed by atoms with Crippen LogP contribution in [-0.2, 0) is 13.1 Å². The quantitative estimate of drug-likeness (QED) is 0.752. The number of rotatable bonds is 5. The van der Waals surface area contributed by atoms with Crippen LogP contribution in [0.25, 0.3) is 10.9 Å². The lowest BCUT2D eigenvalue weighted by atomic mass is 9.93. The zero-order valence-electron chi connectivity index (χ0n) is 16.2. The van der Waals surface area contributed by atoms with Crippen LogP contribution in [0.15, 0.2) is 41.5 Å². The van der Waals surface area contributed by atoms with E-state index in [4.69, 9.17) is 0 Å². The molecule has 1 aliphatic rings. The Kier molecular flexibility index (Phi) is 5.12. The van der Waals surface area contributed by atoms with Crippen LogP contribution in [0.1, 0.15) is 36.3 Å². The number of piperidine rings is 1. The van der Waals surface area contributed by atoms with Gasteiger partial charge in [-0.15, -0.1) is 0 Å². The molecule has 1 aliphatic heterocycles. The second-order valence-electron chi connectivity index (χ2n) is 7.88. The predicted molar refractivity (Wildman–Crippen MR) is 109 cm³/mol. The van der Waals surface area contributed by atoms with Crippen molar-refractivity contribution in [3.05, 3.63) is 64.0 Å². The van der Waals surface area contributed by atoms with Gasteiger partial charge in [0.2, 0.25) is 0 Å². The standard InChI is InChI=1S/C22H28N4O/c1-16-3-4-21-20(13-16)22(27)14-19(24-21)15-25-9-5-18(6-10-25)7-11-26-12-8-23-17(26)2/h3-4,8,12-14,18H,5-7,9-11,15H2,1-2H3,(H,24,27). The molecule has 0 aliphatic carbocycles. The molecular formula is C22H28N4O. The number of nitrogens with zero attached hydrogens (tertiary/aromatic N) is 3. The normalized spacial score (nSPS) is 16.2. The van der Waals surface area contributed by atoms with Gasteiger partial charge in [0.1, 0.15) is 5.82 Å². The minimum atomic E-state index is 0.119. The molecule has 0 bridgehead atoms. The minimum Gasteiger partial charge on any atom is -0.357 e. The van der Waals surface area contributed by atoms with Crippen LogP contribution in [-0.4, -0.2) is 32.5 Å². The third-order valence-electron chi connectivity index (χ3n) is 5.84. The number of hydrogen-bond acceptors (Lipinski definition) is 3. The molecule has 142 valence electrons. The van der Waals surface area contributed by atoms with E-state index >= 15 is 0 Å². The maximum atomic E-state index is 12.4. The lowest BCUT2D eigenvalue weighted by molar-refractivity contribution is 0.167. The summed E-state index contributed by atoms with van der Waals surface area (Å²) in [4.78, 5) is 22.6. The van der Waals surface area contributed by atoms with Gasteiger partial charge in [-0.1, -0.05) is 11.6 Å². The summed E-state index contributed by atoms with van der Waals surface area (Å²) in [6.07, 6.45) is 7.62. The van der Waals surface area contributed by atoms with Gasteiger partial charge in [0.15, 0.2) is 5.43 Å². The van der Waals surface area contributed by atoms with Crippen molar-refractivity contribution in [3.8, 4) is 0 Å². The van der Waals surface area contributed by atoms with Crippen molar-refractivity contribution in [2.24, 2.45) is 5.92 Å². The number of H-pyrrole nitrogens is 1. The van der Waals surface area contributed by atoms with Crippen molar-refractivity contribution in [1.29, 1.82) is 0 Å². The molecule has 0 saturated carbocycles. The second-order valence-corrected chi connectivity index (χ2v) is 7.88. The molecular weight excluding hydrogens is 336 g/mol. The lowest BCUT2D eigenvalue weighted by Crippen LogP contribution is -2.34. The van der Waals surface area contributed by atoms with Gasteiger partial charge in [0, 0.05) is 48.1 Å². The Morgan fingerprint density at radius 1 is 1.19 bits per heavy atom.